The van der Waals surface area contributed by atoms with E-state index in [1.54, 1.807) is 36.3 Å². The molecule has 0 N–H and O–H groups in total. The van der Waals surface area contributed by atoms with Gasteiger partial charge in [-0.2, -0.15) is 0 Å². The highest BCUT2D eigenvalue weighted by Gasteiger charge is 2.33. The summed E-state index contributed by atoms with van der Waals surface area (Å²) in [5.74, 6) is -0.771. The molecule has 4 nitrogen and oxygen atoms in total. The zero-order chi connectivity index (χ0) is 11.5. The van der Waals surface area contributed by atoms with Crippen LogP contribution in [0.25, 0.3) is 0 Å². The van der Waals surface area contributed by atoms with Crippen LogP contribution in [-0.4, -0.2) is 35.2 Å². The van der Waals surface area contributed by atoms with Gasteiger partial charge in [-0.05, 0) is 25.0 Å². The number of carbonyl (C=O) groups is 2. The zero-order valence-corrected chi connectivity index (χ0v) is 9.22. The van der Waals surface area contributed by atoms with Gasteiger partial charge in [-0.15, -0.1) is 0 Å². The van der Waals surface area contributed by atoms with Crippen LogP contribution in [0.4, 0.5) is 0 Å². The van der Waals surface area contributed by atoms with Gasteiger partial charge in [0.2, 0.25) is 5.91 Å². The maximum atomic E-state index is 12.0. The van der Waals surface area contributed by atoms with Crippen LogP contribution >= 0.6 is 0 Å². The molecule has 0 aromatic carbocycles. The van der Waals surface area contributed by atoms with Crippen LogP contribution in [0.5, 0.6) is 0 Å². The number of likely N-dealkylation sites (tertiary alicyclic amines) is 1. The van der Waals surface area contributed by atoms with Gasteiger partial charge in [-0.25, -0.2) is 0 Å². The molecule has 4 heteroatoms. The number of piperidine rings is 1. The normalized spacial score (nSPS) is 20.9. The number of amides is 1. The number of pyridine rings is 1. The van der Waals surface area contributed by atoms with Gasteiger partial charge in [0.25, 0.3) is 0 Å². The molecule has 1 aliphatic heterocycles. The second-order valence-corrected chi connectivity index (χ2v) is 4.03. The number of hydrogen-bond donors (Lipinski definition) is 0. The third-order valence-corrected chi connectivity index (χ3v) is 2.89. The third kappa shape index (κ3) is 1.96. The minimum Gasteiger partial charge on any atom is -0.345 e. The molecule has 16 heavy (non-hydrogen) atoms. The van der Waals surface area contributed by atoms with E-state index in [1.165, 1.54) is 0 Å². The van der Waals surface area contributed by atoms with Crippen molar-refractivity contribution in [1.29, 1.82) is 0 Å². The van der Waals surface area contributed by atoms with Crippen LogP contribution in [0, 0.1) is 5.92 Å². The average molecular weight is 218 g/mol. The van der Waals surface area contributed by atoms with Gasteiger partial charge < -0.3 is 4.90 Å². The number of hydrogen-bond acceptors (Lipinski definition) is 3. The lowest BCUT2D eigenvalue weighted by Gasteiger charge is -2.28. The maximum absolute atomic E-state index is 12.0. The van der Waals surface area contributed by atoms with Crippen molar-refractivity contribution in [2.75, 3.05) is 13.6 Å². The molecule has 1 unspecified atom stereocenters. The van der Waals surface area contributed by atoms with Gasteiger partial charge in [0.15, 0.2) is 5.78 Å². The molecule has 0 saturated carbocycles. The van der Waals surface area contributed by atoms with Crippen LogP contribution < -0.4 is 0 Å². The molecule has 0 aliphatic carbocycles. The van der Waals surface area contributed by atoms with Gasteiger partial charge in [-0.3, -0.25) is 14.6 Å². The van der Waals surface area contributed by atoms with Crippen LogP contribution in [0.3, 0.4) is 0 Å². The van der Waals surface area contributed by atoms with Crippen molar-refractivity contribution in [3.63, 3.8) is 0 Å². The fourth-order valence-electron chi connectivity index (χ4n) is 1.96. The zero-order valence-electron chi connectivity index (χ0n) is 9.22. The average Bonchev–Trinajstić information content (AvgIpc) is 2.33. The Morgan fingerprint density at radius 3 is 3.00 bits per heavy atom. The third-order valence-electron chi connectivity index (χ3n) is 2.89. The van der Waals surface area contributed by atoms with E-state index in [0.717, 1.165) is 13.0 Å². The van der Waals surface area contributed by atoms with Crippen LogP contribution in [0.15, 0.2) is 24.4 Å². The van der Waals surface area contributed by atoms with Crippen LogP contribution in [0.2, 0.25) is 0 Å². The molecule has 1 aromatic heterocycles. The topological polar surface area (TPSA) is 50.3 Å². The fraction of sp³-hybridized carbons (Fsp3) is 0.417. The summed E-state index contributed by atoms with van der Waals surface area (Å²) in [7, 11) is 1.74. The molecule has 0 bridgehead atoms. The van der Waals surface area contributed by atoms with E-state index in [-0.39, 0.29) is 11.7 Å². The van der Waals surface area contributed by atoms with Gasteiger partial charge in [0, 0.05) is 19.8 Å². The van der Waals surface area contributed by atoms with Crippen molar-refractivity contribution in [3.05, 3.63) is 30.1 Å². The molecule has 0 radical (unpaired) electrons. The van der Waals surface area contributed by atoms with Gasteiger partial charge >= 0.3 is 0 Å². The first-order chi connectivity index (χ1) is 7.70. The summed E-state index contributed by atoms with van der Waals surface area (Å²) >= 11 is 0. The van der Waals surface area contributed by atoms with E-state index in [2.05, 4.69) is 4.98 Å². The lowest BCUT2D eigenvalue weighted by Crippen LogP contribution is -2.41. The summed E-state index contributed by atoms with van der Waals surface area (Å²) in [4.78, 5) is 29.5. The van der Waals surface area contributed by atoms with E-state index >= 15 is 0 Å². The van der Waals surface area contributed by atoms with E-state index in [9.17, 15) is 9.59 Å². The van der Waals surface area contributed by atoms with Gasteiger partial charge in [0.05, 0.1) is 0 Å². The second-order valence-electron chi connectivity index (χ2n) is 4.03. The van der Waals surface area contributed by atoms with Crippen molar-refractivity contribution in [1.82, 2.24) is 9.88 Å². The summed E-state index contributed by atoms with van der Waals surface area (Å²) in [6.45, 7) is 0.741. The Morgan fingerprint density at radius 2 is 2.31 bits per heavy atom. The van der Waals surface area contributed by atoms with Crippen molar-refractivity contribution in [2.24, 2.45) is 5.92 Å². The number of rotatable bonds is 2. The molecule has 1 amide bonds. The minimum absolute atomic E-state index is 0.0816. The Bertz CT molecular complexity index is 403. The van der Waals surface area contributed by atoms with Crippen molar-refractivity contribution in [3.8, 4) is 0 Å². The SMILES string of the molecule is CN1CCCC(C(=O)c2ccccn2)C1=O. The number of nitrogens with zero attached hydrogens (tertiary/aromatic N) is 2. The molecule has 84 valence electrons. The first-order valence-electron chi connectivity index (χ1n) is 5.40. The molecule has 1 atom stereocenters. The molecule has 1 aliphatic rings. The molecule has 1 saturated heterocycles. The fourth-order valence-corrected chi connectivity index (χ4v) is 1.96. The summed E-state index contributed by atoms with van der Waals surface area (Å²) < 4.78 is 0. The van der Waals surface area contributed by atoms with E-state index in [0.29, 0.717) is 12.1 Å². The van der Waals surface area contributed by atoms with Gasteiger partial charge in [0.1, 0.15) is 11.6 Å². The van der Waals surface area contributed by atoms with Crippen molar-refractivity contribution in [2.45, 2.75) is 12.8 Å². The highest BCUT2D eigenvalue weighted by atomic mass is 16.2. The molecule has 1 aromatic rings. The summed E-state index contributed by atoms with van der Waals surface area (Å²) in [5.41, 5.74) is 0.385. The first-order valence-corrected chi connectivity index (χ1v) is 5.40. The van der Waals surface area contributed by atoms with Crippen molar-refractivity contribution >= 4 is 11.7 Å². The van der Waals surface area contributed by atoms with E-state index in [1.807, 2.05) is 0 Å². The lowest BCUT2D eigenvalue weighted by atomic mass is 9.91. The quantitative estimate of drug-likeness (QED) is 0.552. The lowest BCUT2D eigenvalue weighted by molar-refractivity contribution is -0.134. The number of carbonyl (C=O) groups excluding carboxylic acids is 2. The standard InChI is InChI=1S/C12H14N2O2/c1-14-8-4-5-9(12(14)16)11(15)10-6-2-3-7-13-10/h2-3,6-7,9H,4-5,8H2,1H3. The largest absolute Gasteiger partial charge is 0.345 e. The molecular weight excluding hydrogens is 204 g/mol. The van der Waals surface area contributed by atoms with Gasteiger partial charge in [-0.1, -0.05) is 6.07 Å². The Labute approximate surface area is 94.3 Å². The summed E-state index contributed by atoms with van der Waals surface area (Å²) in [6, 6.07) is 5.17. The highest BCUT2D eigenvalue weighted by Crippen LogP contribution is 2.20. The highest BCUT2D eigenvalue weighted by molar-refractivity contribution is 6.09. The van der Waals surface area contributed by atoms with Crippen LogP contribution in [-0.2, 0) is 4.79 Å². The van der Waals surface area contributed by atoms with Crippen molar-refractivity contribution < 1.29 is 9.59 Å². The first kappa shape index (κ1) is 10.8. The Kier molecular flexibility index (Phi) is 2.99. The summed E-state index contributed by atoms with van der Waals surface area (Å²) in [5, 5.41) is 0. The van der Waals surface area contributed by atoms with Crippen LogP contribution in [0.1, 0.15) is 23.3 Å². The Balaban J connectivity index is 2.19. The van der Waals surface area contributed by atoms with E-state index in [4.69, 9.17) is 0 Å². The molecule has 2 rings (SSSR count). The predicted octanol–water partition coefficient (Wildman–Crippen LogP) is 1.13. The molecule has 0 spiro atoms. The number of aromatic nitrogens is 1. The second kappa shape index (κ2) is 4.43. The molecular formula is C12H14N2O2. The van der Waals surface area contributed by atoms with E-state index < -0.39 is 5.92 Å². The summed E-state index contributed by atoms with van der Waals surface area (Å²) in [6.07, 6.45) is 3.09. The monoisotopic (exact) mass is 218 g/mol. The molecule has 2 heterocycles. The smallest absolute Gasteiger partial charge is 0.233 e. The Morgan fingerprint density at radius 1 is 1.50 bits per heavy atom. The minimum atomic E-state index is -0.534. The Hall–Kier alpha value is -1.71. The number of ketones is 1. The predicted molar refractivity (Wildman–Crippen MR) is 58.9 cm³/mol. The maximum Gasteiger partial charge on any atom is 0.233 e. The number of Topliss-reactive ketones (excluding diaryl/α,β-unsaturated/α-hetero) is 1. The molecule has 1 fully saturated rings.